The van der Waals surface area contributed by atoms with Crippen LogP contribution in [0.25, 0.3) is 0 Å². The van der Waals surface area contributed by atoms with Crippen molar-refractivity contribution in [1.29, 1.82) is 0 Å². The molecule has 0 aliphatic heterocycles. The molecule has 0 bridgehead atoms. The third-order valence-corrected chi connectivity index (χ3v) is 6.13. The molecule has 0 unspecified atom stereocenters. The van der Waals surface area contributed by atoms with Gasteiger partial charge in [0.15, 0.2) is 0 Å². The summed E-state index contributed by atoms with van der Waals surface area (Å²) in [5.74, 6) is 1.49. The van der Waals surface area contributed by atoms with Crippen LogP contribution in [-0.2, 0) is 11.3 Å². The number of hydrogen-bond donors (Lipinski definition) is 0. The Balaban J connectivity index is 0.00000166. The summed E-state index contributed by atoms with van der Waals surface area (Å²) in [6, 6.07) is 18.8. The monoisotopic (exact) mass is 483 g/mol. The highest BCUT2D eigenvalue weighted by atomic mass is 79.9. The molecule has 0 spiro atoms. The summed E-state index contributed by atoms with van der Waals surface area (Å²) >= 11 is 3.44. The molecule has 1 saturated carbocycles. The fraction of sp³-hybridized carbons (Fsp3) is 0.370. The molecule has 0 radical (unpaired) electrons. The lowest BCUT2D eigenvalue weighted by molar-refractivity contribution is 0.0381. The molecule has 3 nitrogen and oxygen atoms in total. The average Bonchev–Trinajstić information content (AvgIpc) is 2.85. The molecular formula is C27H34BrNO2. The molecule has 31 heavy (non-hydrogen) atoms. The van der Waals surface area contributed by atoms with Crippen LogP contribution in [0, 0.1) is 0 Å². The Labute approximate surface area is 196 Å². The van der Waals surface area contributed by atoms with E-state index in [1.807, 2.05) is 38.1 Å². The lowest BCUT2D eigenvalue weighted by atomic mass is 9.82. The van der Waals surface area contributed by atoms with Crippen LogP contribution in [0.3, 0.4) is 0 Å². The van der Waals surface area contributed by atoms with Crippen LogP contribution in [0.4, 0.5) is 0 Å². The predicted octanol–water partition coefficient (Wildman–Crippen LogP) is 7.83. The van der Waals surface area contributed by atoms with Gasteiger partial charge < -0.3 is 9.47 Å². The van der Waals surface area contributed by atoms with Gasteiger partial charge in [-0.1, -0.05) is 69.0 Å². The lowest BCUT2D eigenvalue weighted by Crippen LogP contribution is -2.21. The van der Waals surface area contributed by atoms with Gasteiger partial charge in [0.05, 0.1) is 18.4 Å². The largest absolute Gasteiger partial charge is 0.489 e. The van der Waals surface area contributed by atoms with Crippen molar-refractivity contribution in [2.75, 3.05) is 6.61 Å². The van der Waals surface area contributed by atoms with Gasteiger partial charge in [-0.15, -0.1) is 0 Å². The van der Waals surface area contributed by atoms with Gasteiger partial charge in [0.2, 0.25) is 0 Å². The predicted molar refractivity (Wildman–Crippen MR) is 135 cm³/mol. The van der Waals surface area contributed by atoms with Gasteiger partial charge in [0.1, 0.15) is 12.4 Å². The number of halogens is 1. The first-order valence-electron chi connectivity index (χ1n) is 11.1. The normalized spacial score (nSPS) is 18.8. The van der Waals surface area contributed by atoms with Gasteiger partial charge in [-0.05, 0) is 77.5 Å². The van der Waals surface area contributed by atoms with Crippen molar-refractivity contribution >= 4 is 22.6 Å². The van der Waals surface area contributed by atoms with Crippen molar-refractivity contribution in [3.8, 4) is 5.75 Å². The molecule has 4 heteroatoms. The molecule has 166 valence electrons. The zero-order valence-electron chi connectivity index (χ0n) is 18.7. The average molecular weight is 484 g/mol. The molecular weight excluding hydrogens is 450 g/mol. The van der Waals surface area contributed by atoms with Crippen molar-refractivity contribution < 1.29 is 9.47 Å². The number of allylic oxidation sites excluding steroid dienone is 2. The minimum atomic E-state index is 0.269. The minimum Gasteiger partial charge on any atom is -0.489 e. The molecule has 0 amide bonds. The number of hydrogen-bond acceptors (Lipinski definition) is 3. The third kappa shape index (κ3) is 8.12. The van der Waals surface area contributed by atoms with Crippen molar-refractivity contribution in [2.45, 2.75) is 58.2 Å². The van der Waals surface area contributed by atoms with Gasteiger partial charge in [-0.2, -0.15) is 0 Å². The van der Waals surface area contributed by atoms with Crippen molar-refractivity contribution in [2.24, 2.45) is 4.99 Å². The second kappa shape index (κ2) is 14.0. The van der Waals surface area contributed by atoms with Crippen LogP contribution in [-0.4, -0.2) is 19.4 Å². The Kier molecular flexibility index (Phi) is 11.3. The van der Waals surface area contributed by atoms with E-state index >= 15 is 0 Å². The van der Waals surface area contributed by atoms with Crippen LogP contribution in [0.1, 0.15) is 56.6 Å². The lowest BCUT2D eigenvalue weighted by Gasteiger charge is -2.29. The molecule has 0 aromatic heterocycles. The Morgan fingerprint density at radius 3 is 2.42 bits per heavy atom. The quantitative estimate of drug-likeness (QED) is 0.268. The third-order valence-electron chi connectivity index (χ3n) is 5.35. The summed E-state index contributed by atoms with van der Waals surface area (Å²) in [5.41, 5.74) is 3.34. The fourth-order valence-corrected chi connectivity index (χ4v) is 3.91. The first kappa shape index (κ1) is 25.1. The highest BCUT2D eigenvalue weighted by molar-refractivity contribution is 9.11. The van der Waals surface area contributed by atoms with Gasteiger partial charge in [0, 0.05) is 4.48 Å². The van der Waals surface area contributed by atoms with E-state index in [4.69, 9.17) is 9.47 Å². The summed E-state index contributed by atoms with van der Waals surface area (Å²) in [6.45, 7) is 12.4. The van der Waals surface area contributed by atoms with E-state index in [-0.39, 0.29) is 6.10 Å². The van der Waals surface area contributed by atoms with Crippen LogP contribution in [0.2, 0.25) is 0 Å². The van der Waals surface area contributed by atoms with Crippen molar-refractivity contribution in [3.63, 3.8) is 0 Å². The highest BCUT2D eigenvalue weighted by Gasteiger charge is 2.23. The summed E-state index contributed by atoms with van der Waals surface area (Å²) in [6.07, 6.45) is 6.33. The highest BCUT2D eigenvalue weighted by Crippen LogP contribution is 2.35. The number of ether oxygens (including phenoxy) is 2. The van der Waals surface area contributed by atoms with E-state index in [0.717, 1.165) is 41.6 Å². The Bertz CT molecular complexity index is 839. The first-order chi connectivity index (χ1) is 15.2. The molecule has 0 atom stereocenters. The molecule has 1 fully saturated rings. The SMILES string of the molecule is C=C/C(Br)=C(/COC1CCC(c2cccc(OCc3ccccc3)c2)CC1)N=C.CC. The van der Waals surface area contributed by atoms with Crippen LogP contribution < -0.4 is 4.74 Å². The summed E-state index contributed by atoms with van der Waals surface area (Å²) < 4.78 is 12.9. The number of benzene rings is 2. The van der Waals surface area contributed by atoms with E-state index in [9.17, 15) is 0 Å². The van der Waals surface area contributed by atoms with Gasteiger partial charge in [0.25, 0.3) is 0 Å². The molecule has 1 aliphatic carbocycles. The van der Waals surface area contributed by atoms with E-state index in [0.29, 0.717) is 19.1 Å². The van der Waals surface area contributed by atoms with Crippen LogP contribution >= 0.6 is 15.9 Å². The maximum absolute atomic E-state index is 6.06. The molecule has 0 heterocycles. The maximum Gasteiger partial charge on any atom is 0.120 e. The minimum absolute atomic E-state index is 0.269. The van der Waals surface area contributed by atoms with Crippen LogP contribution in [0.5, 0.6) is 5.75 Å². The van der Waals surface area contributed by atoms with Crippen molar-refractivity contribution in [3.05, 3.63) is 88.6 Å². The zero-order chi connectivity index (χ0) is 22.5. The fourth-order valence-electron chi connectivity index (χ4n) is 3.67. The summed E-state index contributed by atoms with van der Waals surface area (Å²) in [5, 5.41) is 0. The number of aliphatic imine (C=N–C) groups is 1. The first-order valence-corrected chi connectivity index (χ1v) is 11.8. The Morgan fingerprint density at radius 1 is 1.06 bits per heavy atom. The summed E-state index contributed by atoms with van der Waals surface area (Å²) in [7, 11) is 0. The van der Waals surface area contributed by atoms with E-state index in [1.54, 1.807) is 6.08 Å². The smallest absolute Gasteiger partial charge is 0.120 e. The van der Waals surface area contributed by atoms with Crippen molar-refractivity contribution in [1.82, 2.24) is 0 Å². The number of nitrogens with zero attached hydrogens (tertiary/aromatic N) is 1. The topological polar surface area (TPSA) is 30.8 Å². The van der Waals surface area contributed by atoms with E-state index in [1.165, 1.54) is 11.1 Å². The second-order valence-electron chi connectivity index (χ2n) is 7.29. The molecule has 2 aromatic rings. The van der Waals surface area contributed by atoms with Gasteiger partial charge in [-0.25, -0.2) is 0 Å². The summed E-state index contributed by atoms with van der Waals surface area (Å²) in [4.78, 5) is 4.03. The Morgan fingerprint density at radius 2 is 1.77 bits per heavy atom. The maximum atomic E-state index is 6.06. The molecule has 0 N–H and O–H groups in total. The molecule has 1 aliphatic rings. The van der Waals surface area contributed by atoms with Crippen LogP contribution in [0.15, 0.2) is 82.4 Å². The van der Waals surface area contributed by atoms with Gasteiger partial charge in [-0.3, -0.25) is 4.99 Å². The molecule has 2 aromatic carbocycles. The van der Waals surface area contributed by atoms with E-state index < -0.39 is 0 Å². The molecule has 3 rings (SSSR count). The number of rotatable bonds is 9. The van der Waals surface area contributed by atoms with Gasteiger partial charge >= 0.3 is 0 Å². The standard InChI is InChI=1S/C25H28BrNO2.C2H6/c1-3-24(26)25(27-2)18-29-22-14-12-20(13-15-22)21-10-7-11-23(16-21)28-17-19-8-5-4-6-9-19;1-2/h3-11,16,20,22H,1-2,12-15,17-18H2;1-2H3/b25-24+;. The molecule has 0 saturated heterocycles. The zero-order valence-corrected chi connectivity index (χ0v) is 20.3. The Hall–Kier alpha value is -2.17. The second-order valence-corrected chi connectivity index (χ2v) is 8.14. The van der Waals surface area contributed by atoms with E-state index in [2.05, 4.69) is 64.6 Å².